The standard InChI is InChI=1S/C31H30F4O2/c1-3-19-37-27-18-17-26(30(34)31(27)35)21-8-5-20(6-9-21)7-10-23-13-16-25(29(33)28(23)32)22-11-14-24(15-12-22)36-4-2/h3,5-6,8-9,11,13,16-18,24H,1,4,7,10,12,14-15,19H2,2H3. The Labute approximate surface area is 215 Å². The highest BCUT2D eigenvalue weighted by Gasteiger charge is 2.21. The van der Waals surface area contributed by atoms with E-state index in [-0.39, 0.29) is 24.0 Å². The van der Waals surface area contributed by atoms with Crippen molar-refractivity contribution in [3.05, 3.63) is 107 Å². The van der Waals surface area contributed by atoms with Crippen molar-refractivity contribution >= 4 is 5.57 Å². The van der Waals surface area contributed by atoms with Crippen molar-refractivity contribution < 1.29 is 27.0 Å². The normalized spacial score (nSPS) is 15.4. The van der Waals surface area contributed by atoms with Crippen LogP contribution in [0, 0.1) is 23.3 Å². The van der Waals surface area contributed by atoms with Gasteiger partial charge in [0.25, 0.3) is 0 Å². The van der Waals surface area contributed by atoms with E-state index in [9.17, 15) is 17.6 Å². The molecule has 4 rings (SSSR count). The van der Waals surface area contributed by atoms with Crippen LogP contribution in [0.2, 0.25) is 0 Å². The smallest absolute Gasteiger partial charge is 0.201 e. The van der Waals surface area contributed by atoms with Gasteiger partial charge in [0.15, 0.2) is 23.2 Å². The van der Waals surface area contributed by atoms with E-state index in [1.165, 1.54) is 18.2 Å². The van der Waals surface area contributed by atoms with Crippen LogP contribution in [0.1, 0.15) is 42.9 Å². The predicted octanol–water partition coefficient (Wildman–Crippen LogP) is 8.23. The van der Waals surface area contributed by atoms with Gasteiger partial charge in [0.1, 0.15) is 6.61 Å². The van der Waals surface area contributed by atoms with Gasteiger partial charge >= 0.3 is 0 Å². The maximum atomic E-state index is 14.9. The molecule has 1 aliphatic carbocycles. The summed E-state index contributed by atoms with van der Waals surface area (Å²) in [5.41, 5.74) is 2.93. The average molecular weight is 511 g/mol. The van der Waals surface area contributed by atoms with Crippen LogP contribution in [0.3, 0.4) is 0 Å². The molecule has 0 fully saturated rings. The van der Waals surface area contributed by atoms with Crippen LogP contribution in [0.4, 0.5) is 17.6 Å². The zero-order valence-electron chi connectivity index (χ0n) is 20.8. The number of allylic oxidation sites excluding steroid dienone is 1. The number of rotatable bonds is 10. The molecule has 37 heavy (non-hydrogen) atoms. The molecule has 2 nitrogen and oxygen atoms in total. The summed E-state index contributed by atoms with van der Waals surface area (Å²) >= 11 is 0. The Balaban J connectivity index is 1.42. The minimum atomic E-state index is -1.05. The third-order valence-electron chi connectivity index (χ3n) is 6.62. The fourth-order valence-corrected chi connectivity index (χ4v) is 4.62. The molecule has 194 valence electrons. The zero-order chi connectivity index (χ0) is 26.4. The van der Waals surface area contributed by atoms with Crippen LogP contribution in [-0.2, 0) is 17.6 Å². The molecule has 0 amide bonds. The fourth-order valence-electron chi connectivity index (χ4n) is 4.62. The molecule has 0 aromatic heterocycles. The molecule has 0 bridgehead atoms. The second kappa shape index (κ2) is 12.2. The Bertz CT molecular complexity index is 1280. The Morgan fingerprint density at radius 1 is 0.865 bits per heavy atom. The van der Waals surface area contributed by atoms with E-state index in [1.807, 2.05) is 13.0 Å². The molecule has 3 aromatic rings. The van der Waals surface area contributed by atoms with E-state index in [2.05, 4.69) is 6.58 Å². The number of hydrogen-bond acceptors (Lipinski definition) is 2. The molecule has 0 aliphatic heterocycles. The van der Waals surface area contributed by atoms with E-state index in [0.29, 0.717) is 49.0 Å². The van der Waals surface area contributed by atoms with Crippen LogP contribution >= 0.6 is 0 Å². The lowest BCUT2D eigenvalue weighted by atomic mass is 9.90. The first-order valence-electron chi connectivity index (χ1n) is 12.5. The van der Waals surface area contributed by atoms with Crippen molar-refractivity contribution in [2.24, 2.45) is 0 Å². The SMILES string of the molecule is C=CCOc1ccc(-c2ccc(CCc3ccc(C4=CCC(OCC)CC4)c(F)c3F)cc2)c(F)c1F. The first-order chi connectivity index (χ1) is 17.9. The van der Waals surface area contributed by atoms with Crippen molar-refractivity contribution in [1.82, 2.24) is 0 Å². The van der Waals surface area contributed by atoms with Crippen molar-refractivity contribution in [3.63, 3.8) is 0 Å². The molecular weight excluding hydrogens is 480 g/mol. The van der Waals surface area contributed by atoms with E-state index in [4.69, 9.17) is 9.47 Å². The van der Waals surface area contributed by atoms with Crippen molar-refractivity contribution in [3.8, 4) is 16.9 Å². The average Bonchev–Trinajstić information content (AvgIpc) is 2.92. The molecule has 0 saturated heterocycles. The summed E-state index contributed by atoms with van der Waals surface area (Å²) in [6.07, 6.45) is 6.46. The molecule has 1 aliphatic rings. The highest BCUT2D eigenvalue weighted by atomic mass is 19.2. The molecule has 1 unspecified atom stereocenters. The predicted molar refractivity (Wildman–Crippen MR) is 138 cm³/mol. The molecule has 0 heterocycles. The van der Waals surface area contributed by atoms with E-state index in [1.54, 1.807) is 36.4 Å². The van der Waals surface area contributed by atoms with Gasteiger partial charge in [-0.15, -0.1) is 0 Å². The topological polar surface area (TPSA) is 18.5 Å². The highest BCUT2D eigenvalue weighted by molar-refractivity contribution is 5.67. The summed E-state index contributed by atoms with van der Waals surface area (Å²) in [7, 11) is 0. The van der Waals surface area contributed by atoms with Crippen LogP contribution in [-0.4, -0.2) is 19.3 Å². The van der Waals surface area contributed by atoms with Crippen LogP contribution in [0.25, 0.3) is 16.7 Å². The lowest BCUT2D eigenvalue weighted by Gasteiger charge is -2.22. The van der Waals surface area contributed by atoms with Gasteiger partial charge in [0.05, 0.1) is 6.10 Å². The maximum absolute atomic E-state index is 14.9. The van der Waals surface area contributed by atoms with E-state index >= 15 is 0 Å². The number of ether oxygens (including phenoxy) is 2. The van der Waals surface area contributed by atoms with Gasteiger partial charge in [-0.25, -0.2) is 13.2 Å². The van der Waals surface area contributed by atoms with Crippen molar-refractivity contribution in [2.75, 3.05) is 13.2 Å². The number of aryl methyl sites for hydroxylation is 2. The summed E-state index contributed by atoms with van der Waals surface area (Å²) in [5.74, 6) is -3.85. The molecule has 3 aromatic carbocycles. The quantitative estimate of drug-likeness (QED) is 0.202. The van der Waals surface area contributed by atoms with Gasteiger partial charge in [-0.05, 0) is 73.4 Å². The molecular formula is C31H30F4O2. The Hall–Kier alpha value is -3.38. The van der Waals surface area contributed by atoms with Gasteiger partial charge < -0.3 is 9.47 Å². The first kappa shape index (κ1) is 26.7. The third kappa shape index (κ3) is 6.13. The van der Waals surface area contributed by atoms with E-state index < -0.39 is 23.3 Å². The summed E-state index contributed by atoms with van der Waals surface area (Å²) in [4.78, 5) is 0. The molecule has 0 saturated carbocycles. The van der Waals surface area contributed by atoms with Gasteiger partial charge in [-0.1, -0.05) is 55.1 Å². The van der Waals surface area contributed by atoms with E-state index in [0.717, 1.165) is 17.6 Å². The first-order valence-corrected chi connectivity index (χ1v) is 12.5. The third-order valence-corrected chi connectivity index (χ3v) is 6.62. The second-order valence-electron chi connectivity index (χ2n) is 9.02. The number of halogens is 4. The summed E-state index contributed by atoms with van der Waals surface area (Å²) < 4.78 is 69.4. The lowest BCUT2D eigenvalue weighted by Crippen LogP contribution is -2.16. The Morgan fingerprint density at radius 2 is 1.59 bits per heavy atom. The van der Waals surface area contributed by atoms with Crippen LogP contribution in [0.15, 0.2) is 67.3 Å². The van der Waals surface area contributed by atoms with Gasteiger partial charge in [0.2, 0.25) is 5.82 Å². The molecule has 6 heteroatoms. The van der Waals surface area contributed by atoms with Gasteiger partial charge in [-0.3, -0.25) is 0 Å². The molecule has 0 N–H and O–H groups in total. The fraction of sp³-hybridized carbons (Fsp3) is 0.290. The van der Waals surface area contributed by atoms with Gasteiger partial charge in [0, 0.05) is 17.7 Å². The summed E-state index contributed by atoms with van der Waals surface area (Å²) in [6.45, 7) is 6.15. The summed E-state index contributed by atoms with van der Waals surface area (Å²) in [5, 5.41) is 0. The van der Waals surface area contributed by atoms with Crippen LogP contribution in [0.5, 0.6) is 5.75 Å². The molecule has 0 spiro atoms. The van der Waals surface area contributed by atoms with Crippen molar-refractivity contribution in [2.45, 2.75) is 45.1 Å². The minimum Gasteiger partial charge on any atom is -0.486 e. The highest BCUT2D eigenvalue weighted by Crippen LogP contribution is 2.33. The monoisotopic (exact) mass is 510 g/mol. The largest absolute Gasteiger partial charge is 0.486 e. The Kier molecular flexibility index (Phi) is 8.82. The lowest BCUT2D eigenvalue weighted by molar-refractivity contribution is 0.0579. The summed E-state index contributed by atoms with van der Waals surface area (Å²) in [6, 6.07) is 13.1. The minimum absolute atomic E-state index is 0.0738. The maximum Gasteiger partial charge on any atom is 0.201 e. The molecule has 1 atom stereocenters. The zero-order valence-corrected chi connectivity index (χ0v) is 20.8. The van der Waals surface area contributed by atoms with Gasteiger partial charge in [-0.2, -0.15) is 4.39 Å². The van der Waals surface area contributed by atoms with Crippen LogP contribution < -0.4 is 4.74 Å². The van der Waals surface area contributed by atoms with Crippen molar-refractivity contribution in [1.29, 1.82) is 0 Å². The Morgan fingerprint density at radius 3 is 2.27 bits per heavy atom. The number of hydrogen-bond donors (Lipinski definition) is 0. The molecule has 0 radical (unpaired) electrons. The number of benzene rings is 3. The second-order valence-corrected chi connectivity index (χ2v) is 9.02.